The third-order valence-corrected chi connectivity index (χ3v) is 2.64. The number of alkyl halides is 2. The molecule has 6 heteroatoms. The van der Waals surface area contributed by atoms with Crippen LogP contribution in [0.4, 0.5) is 8.78 Å². The summed E-state index contributed by atoms with van der Waals surface area (Å²) in [6.45, 7) is 0.914. The molecule has 0 aliphatic carbocycles. The van der Waals surface area contributed by atoms with Gasteiger partial charge in [0.2, 0.25) is 0 Å². The van der Waals surface area contributed by atoms with Crippen molar-refractivity contribution >= 4 is 0 Å². The Morgan fingerprint density at radius 2 is 2.05 bits per heavy atom. The highest BCUT2D eigenvalue weighted by molar-refractivity contribution is 5.46. The maximum atomic E-state index is 12.4. The lowest BCUT2D eigenvalue weighted by Gasteiger charge is -2.24. The van der Waals surface area contributed by atoms with Gasteiger partial charge in [-0.25, -0.2) is 0 Å². The summed E-state index contributed by atoms with van der Waals surface area (Å²) in [5, 5.41) is 12.2. The number of para-hydroxylation sites is 1. The molecule has 4 nitrogen and oxygen atoms in total. The summed E-state index contributed by atoms with van der Waals surface area (Å²) < 4.78 is 34.4. The molecule has 0 saturated carbocycles. The van der Waals surface area contributed by atoms with Gasteiger partial charge in [-0.05, 0) is 19.9 Å². The van der Waals surface area contributed by atoms with Crippen LogP contribution in [-0.2, 0) is 6.54 Å². The number of halogens is 2. The minimum absolute atomic E-state index is 0.0150. The fourth-order valence-corrected chi connectivity index (χ4v) is 1.47. The largest absolute Gasteiger partial charge is 0.493 e. The molecule has 0 aliphatic rings. The van der Waals surface area contributed by atoms with Gasteiger partial charge in [-0.3, -0.25) is 0 Å². The number of nitrogens with one attached hydrogen (secondary N) is 1. The Bertz CT molecular complexity index is 411. The number of aliphatic hydroxyl groups is 1. The smallest absolute Gasteiger partial charge is 0.387 e. The topological polar surface area (TPSA) is 50.7 Å². The second-order valence-corrected chi connectivity index (χ2v) is 4.72. The highest BCUT2D eigenvalue weighted by Crippen LogP contribution is 2.32. The van der Waals surface area contributed by atoms with Gasteiger partial charge < -0.3 is 19.9 Å². The summed E-state index contributed by atoms with van der Waals surface area (Å²) in [5.41, 5.74) is 0.0340. The van der Waals surface area contributed by atoms with Crippen molar-refractivity contribution < 1.29 is 23.4 Å². The summed E-state index contributed by atoms with van der Waals surface area (Å²) in [7, 11) is 1.39. The first-order chi connectivity index (χ1) is 8.89. The molecular weight excluding hydrogens is 256 g/mol. The van der Waals surface area contributed by atoms with E-state index in [0.29, 0.717) is 5.56 Å². The minimum atomic E-state index is -2.92. The van der Waals surface area contributed by atoms with Crippen molar-refractivity contribution in [3.05, 3.63) is 23.8 Å². The van der Waals surface area contributed by atoms with Crippen LogP contribution in [0.5, 0.6) is 11.5 Å². The molecule has 1 aromatic rings. The molecule has 0 aliphatic heterocycles. The SMILES string of the molecule is COc1cccc(CNC(C)(C)CO)c1OC(F)F. The van der Waals surface area contributed by atoms with E-state index in [9.17, 15) is 8.78 Å². The molecule has 0 amide bonds. The number of aliphatic hydroxyl groups excluding tert-OH is 1. The fraction of sp³-hybridized carbons (Fsp3) is 0.538. The Morgan fingerprint density at radius 1 is 1.37 bits per heavy atom. The molecule has 0 spiro atoms. The maximum absolute atomic E-state index is 12.4. The Morgan fingerprint density at radius 3 is 2.58 bits per heavy atom. The molecule has 0 atom stereocenters. The van der Waals surface area contributed by atoms with Crippen molar-refractivity contribution in [1.29, 1.82) is 0 Å². The fourth-order valence-electron chi connectivity index (χ4n) is 1.47. The molecule has 0 fully saturated rings. The van der Waals surface area contributed by atoms with Crippen LogP contribution >= 0.6 is 0 Å². The second kappa shape index (κ2) is 6.68. The van der Waals surface area contributed by atoms with Crippen LogP contribution in [0, 0.1) is 0 Å². The highest BCUT2D eigenvalue weighted by Gasteiger charge is 2.19. The first-order valence-corrected chi connectivity index (χ1v) is 5.86. The van der Waals surface area contributed by atoms with Crippen LogP contribution in [0.2, 0.25) is 0 Å². The molecule has 1 aromatic carbocycles. The molecule has 2 N–H and O–H groups in total. The molecular formula is C13H19F2NO3. The Balaban J connectivity index is 2.93. The van der Waals surface area contributed by atoms with Crippen molar-refractivity contribution in [2.45, 2.75) is 32.5 Å². The van der Waals surface area contributed by atoms with Crippen LogP contribution in [0.25, 0.3) is 0 Å². The number of hydrogen-bond acceptors (Lipinski definition) is 4. The highest BCUT2D eigenvalue weighted by atomic mass is 19.3. The number of benzene rings is 1. The van der Waals surface area contributed by atoms with Gasteiger partial charge >= 0.3 is 6.61 Å². The molecule has 0 aromatic heterocycles. The predicted molar refractivity (Wildman–Crippen MR) is 67.6 cm³/mol. The molecule has 0 bridgehead atoms. The molecule has 0 unspecified atom stereocenters. The van der Waals surface area contributed by atoms with Gasteiger partial charge in [0, 0.05) is 17.6 Å². The summed E-state index contributed by atoms with van der Waals surface area (Å²) in [5.74, 6) is 0.266. The average molecular weight is 275 g/mol. The van der Waals surface area contributed by atoms with Crippen molar-refractivity contribution in [2.24, 2.45) is 0 Å². The van der Waals surface area contributed by atoms with Gasteiger partial charge in [0.15, 0.2) is 11.5 Å². The van der Waals surface area contributed by atoms with E-state index in [2.05, 4.69) is 10.1 Å². The van der Waals surface area contributed by atoms with Gasteiger partial charge in [-0.15, -0.1) is 0 Å². The normalized spacial score (nSPS) is 11.7. The molecule has 19 heavy (non-hydrogen) atoms. The van der Waals surface area contributed by atoms with Crippen molar-refractivity contribution in [3.63, 3.8) is 0 Å². The number of ether oxygens (including phenoxy) is 2. The number of methoxy groups -OCH3 is 1. The van der Waals surface area contributed by atoms with Crippen molar-refractivity contribution in [1.82, 2.24) is 5.32 Å². The lowest BCUT2D eigenvalue weighted by atomic mass is 10.1. The van der Waals surface area contributed by atoms with Crippen molar-refractivity contribution in [2.75, 3.05) is 13.7 Å². The van der Waals surface area contributed by atoms with E-state index in [1.165, 1.54) is 7.11 Å². The Hall–Kier alpha value is -1.40. The standard InChI is InChI=1S/C13H19F2NO3/c1-13(2,8-17)16-7-9-5-4-6-10(18-3)11(9)19-12(14)15/h4-6,12,16-17H,7-8H2,1-3H3. The van der Waals surface area contributed by atoms with E-state index in [4.69, 9.17) is 9.84 Å². The van der Waals surface area contributed by atoms with Crippen LogP contribution in [0.3, 0.4) is 0 Å². The van der Waals surface area contributed by atoms with Gasteiger partial charge in [0.1, 0.15) is 0 Å². The first kappa shape index (κ1) is 15.7. The quantitative estimate of drug-likeness (QED) is 0.800. The van der Waals surface area contributed by atoms with E-state index < -0.39 is 12.2 Å². The zero-order valence-electron chi connectivity index (χ0n) is 11.2. The van der Waals surface area contributed by atoms with E-state index in [1.807, 2.05) is 0 Å². The average Bonchev–Trinajstić information content (AvgIpc) is 2.37. The van der Waals surface area contributed by atoms with E-state index >= 15 is 0 Å². The summed E-state index contributed by atoms with van der Waals surface area (Å²) in [6.07, 6.45) is 0. The van der Waals surface area contributed by atoms with Crippen LogP contribution in [-0.4, -0.2) is 31.0 Å². The van der Waals surface area contributed by atoms with Gasteiger partial charge in [-0.1, -0.05) is 12.1 Å². The zero-order chi connectivity index (χ0) is 14.5. The lowest BCUT2D eigenvalue weighted by molar-refractivity contribution is -0.0519. The van der Waals surface area contributed by atoms with E-state index in [0.717, 1.165) is 0 Å². The maximum Gasteiger partial charge on any atom is 0.387 e. The van der Waals surface area contributed by atoms with Crippen molar-refractivity contribution in [3.8, 4) is 11.5 Å². The molecule has 0 saturated heterocycles. The Labute approximate surface area is 111 Å². The minimum Gasteiger partial charge on any atom is -0.493 e. The monoisotopic (exact) mass is 275 g/mol. The summed E-state index contributed by atoms with van der Waals surface area (Å²) in [6, 6.07) is 4.92. The van der Waals surface area contributed by atoms with Crippen LogP contribution < -0.4 is 14.8 Å². The lowest BCUT2D eigenvalue weighted by Crippen LogP contribution is -2.42. The number of hydrogen-bond donors (Lipinski definition) is 2. The molecule has 0 heterocycles. The third kappa shape index (κ3) is 4.65. The van der Waals surface area contributed by atoms with Gasteiger partial charge in [0.05, 0.1) is 13.7 Å². The predicted octanol–water partition coefficient (Wildman–Crippen LogP) is 2.16. The first-order valence-electron chi connectivity index (χ1n) is 5.86. The molecule has 0 radical (unpaired) electrons. The zero-order valence-corrected chi connectivity index (χ0v) is 11.2. The summed E-state index contributed by atoms with van der Waals surface area (Å²) in [4.78, 5) is 0. The second-order valence-electron chi connectivity index (χ2n) is 4.72. The van der Waals surface area contributed by atoms with E-state index in [-0.39, 0.29) is 24.7 Å². The number of rotatable bonds is 7. The third-order valence-electron chi connectivity index (χ3n) is 2.64. The van der Waals surface area contributed by atoms with E-state index in [1.54, 1.807) is 32.0 Å². The van der Waals surface area contributed by atoms with Crippen LogP contribution in [0.15, 0.2) is 18.2 Å². The Kier molecular flexibility index (Phi) is 5.50. The van der Waals surface area contributed by atoms with Crippen LogP contribution in [0.1, 0.15) is 19.4 Å². The molecule has 1 rings (SSSR count). The van der Waals surface area contributed by atoms with Gasteiger partial charge in [-0.2, -0.15) is 8.78 Å². The molecule has 108 valence electrons. The summed E-state index contributed by atoms with van der Waals surface area (Å²) >= 11 is 0. The van der Waals surface area contributed by atoms with Gasteiger partial charge in [0.25, 0.3) is 0 Å².